The zero-order chi connectivity index (χ0) is 15.3. The van der Waals surface area contributed by atoms with Gasteiger partial charge in [-0.25, -0.2) is 4.98 Å². The summed E-state index contributed by atoms with van der Waals surface area (Å²) in [7, 11) is 0. The van der Waals surface area contributed by atoms with E-state index in [0.29, 0.717) is 12.0 Å². The zero-order valence-corrected chi connectivity index (χ0v) is 15.1. The smallest absolute Gasteiger partial charge is 0.0931 e. The van der Waals surface area contributed by atoms with Gasteiger partial charge in [0.05, 0.1) is 10.7 Å². The van der Waals surface area contributed by atoms with Crippen LogP contribution in [-0.4, -0.2) is 17.6 Å². The molecule has 0 amide bonds. The van der Waals surface area contributed by atoms with Crippen molar-refractivity contribution in [3.05, 3.63) is 16.1 Å². The normalized spacial score (nSPS) is 14.2. The van der Waals surface area contributed by atoms with Crippen LogP contribution in [0.5, 0.6) is 0 Å². The van der Waals surface area contributed by atoms with Gasteiger partial charge in [-0.05, 0) is 24.8 Å². The molecule has 0 aliphatic heterocycles. The Morgan fingerprint density at radius 1 is 1.20 bits per heavy atom. The summed E-state index contributed by atoms with van der Waals surface area (Å²) < 4.78 is 0. The van der Waals surface area contributed by atoms with Gasteiger partial charge >= 0.3 is 0 Å². The van der Waals surface area contributed by atoms with Gasteiger partial charge in [0.2, 0.25) is 0 Å². The molecule has 0 aliphatic carbocycles. The molecule has 20 heavy (non-hydrogen) atoms. The summed E-state index contributed by atoms with van der Waals surface area (Å²) in [6.07, 6.45) is 2.38. The molecule has 1 rings (SSSR count). The average Bonchev–Trinajstić information content (AvgIpc) is 2.73. The van der Waals surface area contributed by atoms with E-state index in [2.05, 4.69) is 59.2 Å². The minimum Gasteiger partial charge on any atom is -0.314 e. The summed E-state index contributed by atoms with van der Waals surface area (Å²) in [6.45, 7) is 16.9. The highest BCUT2D eigenvalue weighted by Gasteiger charge is 2.19. The topological polar surface area (TPSA) is 24.9 Å². The van der Waals surface area contributed by atoms with Crippen LogP contribution < -0.4 is 5.32 Å². The maximum absolute atomic E-state index is 4.85. The van der Waals surface area contributed by atoms with Gasteiger partial charge in [-0.15, -0.1) is 11.3 Å². The van der Waals surface area contributed by atoms with Crippen molar-refractivity contribution in [2.45, 2.75) is 72.8 Å². The number of aromatic nitrogens is 1. The lowest BCUT2D eigenvalue weighted by Crippen LogP contribution is -2.30. The van der Waals surface area contributed by atoms with E-state index < -0.39 is 0 Å². The largest absolute Gasteiger partial charge is 0.314 e. The Hall–Kier alpha value is -0.410. The Morgan fingerprint density at radius 3 is 2.30 bits per heavy atom. The minimum absolute atomic E-state index is 0.165. The van der Waals surface area contributed by atoms with Crippen molar-refractivity contribution in [3.63, 3.8) is 0 Å². The molecule has 0 aliphatic rings. The molecule has 0 aromatic carbocycles. The van der Waals surface area contributed by atoms with Gasteiger partial charge in [-0.3, -0.25) is 0 Å². The van der Waals surface area contributed by atoms with Crippen LogP contribution in [-0.2, 0) is 11.8 Å². The molecule has 1 aromatic heterocycles. The first kappa shape index (κ1) is 17.6. The van der Waals surface area contributed by atoms with Crippen LogP contribution in [0.1, 0.15) is 65.6 Å². The number of thiazole rings is 1. The second-order valence-corrected chi connectivity index (χ2v) is 8.58. The molecule has 0 bridgehead atoms. The van der Waals surface area contributed by atoms with Gasteiger partial charge in [0.25, 0.3) is 0 Å². The van der Waals surface area contributed by atoms with E-state index in [1.807, 2.05) is 11.3 Å². The molecule has 1 unspecified atom stereocenters. The Kier molecular flexibility index (Phi) is 6.67. The average molecular weight is 297 g/mol. The van der Waals surface area contributed by atoms with Crippen LogP contribution in [0.25, 0.3) is 0 Å². The van der Waals surface area contributed by atoms with E-state index in [1.54, 1.807) is 0 Å². The molecule has 2 nitrogen and oxygen atoms in total. The van der Waals surface area contributed by atoms with E-state index in [4.69, 9.17) is 4.98 Å². The highest BCUT2D eigenvalue weighted by Crippen LogP contribution is 2.26. The van der Waals surface area contributed by atoms with E-state index in [1.165, 1.54) is 17.1 Å². The molecule has 0 saturated carbocycles. The van der Waals surface area contributed by atoms with Crippen LogP contribution in [0.2, 0.25) is 0 Å². The first-order valence-electron chi connectivity index (χ1n) is 7.86. The fraction of sp³-hybridized carbons (Fsp3) is 0.824. The summed E-state index contributed by atoms with van der Waals surface area (Å²) in [6, 6.07) is 0.561. The molecule has 1 atom stereocenters. The second kappa shape index (κ2) is 7.56. The molecular formula is C17H32N2S. The van der Waals surface area contributed by atoms with Crippen molar-refractivity contribution in [1.29, 1.82) is 0 Å². The van der Waals surface area contributed by atoms with Crippen molar-refractivity contribution in [1.82, 2.24) is 10.3 Å². The minimum atomic E-state index is 0.165. The molecular weight excluding hydrogens is 264 g/mol. The number of nitrogens with zero attached hydrogens (tertiary/aromatic N) is 1. The Morgan fingerprint density at radius 2 is 1.85 bits per heavy atom. The summed E-state index contributed by atoms with van der Waals surface area (Å²) >= 11 is 1.83. The molecule has 0 fully saturated rings. The van der Waals surface area contributed by atoms with E-state index in [0.717, 1.165) is 18.9 Å². The molecule has 116 valence electrons. The van der Waals surface area contributed by atoms with Crippen LogP contribution in [0.3, 0.4) is 0 Å². The quantitative estimate of drug-likeness (QED) is 0.792. The number of hydrogen-bond acceptors (Lipinski definition) is 3. The van der Waals surface area contributed by atoms with Crippen molar-refractivity contribution < 1.29 is 0 Å². The Bertz CT molecular complexity index is 388. The third-order valence-corrected chi connectivity index (χ3v) is 4.27. The van der Waals surface area contributed by atoms with Crippen LogP contribution in [0.4, 0.5) is 0 Å². The van der Waals surface area contributed by atoms with Gasteiger partial charge in [0, 0.05) is 23.3 Å². The molecule has 3 heteroatoms. The fourth-order valence-electron chi connectivity index (χ4n) is 2.30. The number of hydrogen-bond donors (Lipinski definition) is 1. The lowest BCUT2D eigenvalue weighted by molar-refractivity contribution is 0.372. The van der Waals surface area contributed by atoms with Gasteiger partial charge in [-0.2, -0.15) is 0 Å². The van der Waals surface area contributed by atoms with E-state index >= 15 is 0 Å². The maximum Gasteiger partial charge on any atom is 0.0931 e. The van der Waals surface area contributed by atoms with Crippen LogP contribution in [0.15, 0.2) is 5.38 Å². The molecule has 1 heterocycles. The van der Waals surface area contributed by atoms with Gasteiger partial charge < -0.3 is 5.32 Å². The highest BCUT2D eigenvalue weighted by molar-refractivity contribution is 7.09. The van der Waals surface area contributed by atoms with Crippen molar-refractivity contribution >= 4 is 11.3 Å². The number of rotatable bonds is 7. The third kappa shape index (κ3) is 6.36. The predicted octanol–water partition coefficient (Wildman–Crippen LogP) is 4.64. The van der Waals surface area contributed by atoms with Gasteiger partial charge in [-0.1, -0.05) is 48.5 Å². The molecule has 1 N–H and O–H groups in total. The summed E-state index contributed by atoms with van der Waals surface area (Å²) in [5.74, 6) is 1.44. The monoisotopic (exact) mass is 296 g/mol. The van der Waals surface area contributed by atoms with Crippen molar-refractivity contribution in [3.8, 4) is 0 Å². The van der Waals surface area contributed by atoms with Gasteiger partial charge in [0.1, 0.15) is 0 Å². The Labute approximate surface area is 129 Å². The standard InChI is InChI=1S/C17H32N2S/c1-12(2)8-14(10-18-13(3)4)9-16-19-15(11-20-16)17(5,6)7/h11-14,18H,8-10H2,1-7H3. The summed E-state index contributed by atoms with van der Waals surface area (Å²) in [4.78, 5) is 4.85. The lowest BCUT2D eigenvalue weighted by Gasteiger charge is -2.20. The third-order valence-electron chi connectivity index (χ3n) is 3.40. The fourth-order valence-corrected chi connectivity index (χ4v) is 3.44. The molecule has 0 saturated heterocycles. The second-order valence-electron chi connectivity index (χ2n) is 7.64. The molecule has 0 radical (unpaired) electrons. The number of nitrogens with one attached hydrogen (secondary N) is 1. The van der Waals surface area contributed by atoms with Crippen molar-refractivity contribution in [2.75, 3.05) is 6.54 Å². The van der Waals surface area contributed by atoms with Crippen LogP contribution in [0, 0.1) is 11.8 Å². The summed E-state index contributed by atoms with van der Waals surface area (Å²) in [5.41, 5.74) is 1.40. The zero-order valence-electron chi connectivity index (χ0n) is 14.3. The van der Waals surface area contributed by atoms with E-state index in [-0.39, 0.29) is 5.41 Å². The van der Waals surface area contributed by atoms with E-state index in [9.17, 15) is 0 Å². The SMILES string of the molecule is CC(C)CC(CNC(C)C)Cc1nc(C(C)(C)C)cs1. The molecule has 0 spiro atoms. The highest BCUT2D eigenvalue weighted by atomic mass is 32.1. The lowest BCUT2D eigenvalue weighted by atomic mass is 9.92. The molecule has 1 aromatic rings. The van der Waals surface area contributed by atoms with Crippen molar-refractivity contribution in [2.24, 2.45) is 11.8 Å². The summed E-state index contributed by atoms with van der Waals surface area (Å²) in [5, 5.41) is 7.12. The Balaban J connectivity index is 2.66. The first-order valence-corrected chi connectivity index (χ1v) is 8.74. The van der Waals surface area contributed by atoms with Crippen LogP contribution >= 0.6 is 11.3 Å². The predicted molar refractivity (Wildman–Crippen MR) is 90.6 cm³/mol. The maximum atomic E-state index is 4.85. The first-order chi connectivity index (χ1) is 9.18. The van der Waals surface area contributed by atoms with Gasteiger partial charge in [0.15, 0.2) is 0 Å².